The van der Waals surface area contributed by atoms with Crippen molar-refractivity contribution in [3.05, 3.63) is 105 Å². The summed E-state index contributed by atoms with van der Waals surface area (Å²) in [5.41, 5.74) is 1.54. The quantitative estimate of drug-likeness (QED) is 0.159. The maximum Gasteiger partial charge on any atom is 1.00 e. The molecular weight excluding hydrogens is 658 g/mol. The molecule has 2 aliphatic heterocycles. The van der Waals surface area contributed by atoms with E-state index in [0.29, 0.717) is 34.2 Å². The minimum Gasteiger partial charge on any atom is -0.545 e. The first-order chi connectivity index (χ1) is 21.0. The molecule has 12 nitrogen and oxygen atoms in total. The smallest absolute Gasteiger partial charge is 0.545 e. The van der Waals surface area contributed by atoms with E-state index in [1.54, 1.807) is 48.5 Å². The normalized spacial score (nSPS) is 15.4. The Morgan fingerprint density at radius 3 is 1.20 bits per heavy atom. The Labute approximate surface area is 312 Å². The molecule has 0 atom stereocenters. The molecular formula is C30H16N2Na2O10S2. The zero-order valence-corrected chi connectivity index (χ0v) is 29.6. The van der Waals surface area contributed by atoms with Crippen LogP contribution in [0.4, 0.5) is 9.59 Å². The van der Waals surface area contributed by atoms with Crippen molar-refractivity contribution in [2.75, 3.05) is 0 Å². The zero-order chi connectivity index (χ0) is 31.4. The van der Waals surface area contributed by atoms with Gasteiger partial charge in [-0.05, 0) is 58.9 Å². The van der Waals surface area contributed by atoms with Gasteiger partial charge < -0.3 is 28.6 Å². The van der Waals surface area contributed by atoms with Gasteiger partial charge in [0.1, 0.15) is 23.0 Å². The molecule has 0 radical (unpaired) electrons. The van der Waals surface area contributed by atoms with Crippen molar-refractivity contribution in [1.82, 2.24) is 10.6 Å². The van der Waals surface area contributed by atoms with E-state index in [4.69, 9.17) is 8.83 Å². The summed E-state index contributed by atoms with van der Waals surface area (Å²) < 4.78 is 11.1. The molecule has 0 saturated carbocycles. The van der Waals surface area contributed by atoms with Gasteiger partial charge in [-0.15, -0.1) is 0 Å². The minimum absolute atomic E-state index is 0. The van der Waals surface area contributed by atoms with Crippen LogP contribution in [-0.4, -0.2) is 34.2 Å². The zero-order valence-electron chi connectivity index (χ0n) is 24.0. The maximum absolute atomic E-state index is 11.4. The van der Waals surface area contributed by atoms with Gasteiger partial charge in [0, 0.05) is 23.3 Å². The number of thioether (sulfide) groups is 2. The van der Waals surface area contributed by atoms with E-state index < -0.39 is 34.2 Å². The Morgan fingerprint density at radius 2 is 0.913 bits per heavy atom. The Morgan fingerprint density at radius 1 is 0.565 bits per heavy atom. The van der Waals surface area contributed by atoms with Crippen molar-refractivity contribution >= 4 is 69.9 Å². The number of nitrogens with one attached hydrogen (secondary N) is 2. The van der Waals surface area contributed by atoms with E-state index in [9.17, 15) is 39.0 Å². The van der Waals surface area contributed by atoms with Crippen molar-refractivity contribution in [1.29, 1.82) is 0 Å². The van der Waals surface area contributed by atoms with Gasteiger partial charge in [-0.3, -0.25) is 29.8 Å². The van der Waals surface area contributed by atoms with E-state index in [1.807, 2.05) is 0 Å². The number of imide groups is 2. The molecule has 2 aliphatic rings. The van der Waals surface area contributed by atoms with Crippen LogP contribution in [0.5, 0.6) is 0 Å². The fraction of sp³-hybridized carbons (Fsp3) is 0. The molecule has 2 saturated heterocycles. The molecule has 2 fully saturated rings. The summed E-state index contributed by atoms with van der Waals surface area (Å²) in [7, 11) is 0. The molecule has 6 rings (SSSR count). The van der Waals surface area contributed by atoms with Gasteiger partial charge in [0.25, 0.3) is 22.3 Å². The number of carbonyl (C=O) groups excluding carboxylic acids is 6. The van der Waals surface area contributed by atoms with Crippen LogP contribution in [0, 0.1) is 0 Å². The predicted molar refractivity (Wildman–Crippen MR) is 155 cm³/mol. The number of hydrogen-bond donors (Lipinski definition) is 2. The molecule has 4 heterocycles. The number of amides is 4. The number of rotatable bonds is 6. The van der Waals surface area contributed by atoms with Crippen LogP contribution in [-0.2, 0) is 9.59 Å². The van der Waals surface area contributed by atoms with Crippen LogP contribution in [0.15, 0.2) is 91.4 Å². The second-order valence-corrected chi connectivity index (χ2v) is 10.9. The number of benzene rings is 2. The molecule has 4 aromatic rings. The summed E-state index contributed by atoms with van der Waals surface area (Å²) in [6.07, 6.45) is 2.95. The van der Waals surface area contributed by atoms with Crippen LogP contribution in [0.3, 0.4) is 0 Å². The Bertz CT molecular complexity index is 1760. The third kappa shape index (κ3) is 9.24. The first-order valence-corrected chi connectivity index (χ1v) is 14.0. The molecule has 0 aliphatic carbocycles. The van der Waals surface area contributed by atoms with Crippen molar-refractivity contribution in [3.63, 3.8) is 0 Å². The molecule has 4 amide bonds. The van der Waals surface area contributed by atoms with Crippen LogP contribution >= 0.6 is 23.5 Å². The molecule has 2 aromatic heterocycles. The van der Waals surface area contributed by atoms with E-state index >= 15 is 0 Å². The first-order valence-electron chi connectivity index (χ1n) is 12.4. The largest absolute Gasteiger partial charge is 1.00 e. The molecule has 0 bridgehead atoms. The fourth-order valence-corrected chi connectivity index (χ4v) is 5.14. The number of carbonyl (C=O) groups is 6. The molecule has 220 valence electrons. The van der Waals surface area contributed by atoms with Gasteiger partial charge >= 0.3 is 59.1 Å². The summed E-state index contributed by atoms with van der Waals surface area (Å²) in [5.74, 6) is -1.51. The van der Waals surface area contributed by atoms with Gasteiger partial charge in [0.05, 0.1) is 21.7 Å². The SMILES string of the molecule is O=C1NC(=O)C(=Cc2ccc(-c3ccc(C(=O)[O-])cc3)o2)S1.O=C1NC(=O)C(=Cc2ccc(-c3ccc(C(=O)[O-])cc3)o2)S1.[Na+].[Na+]. The van der Waals surface area contributed by atoms with E-state index in [-0.39, 0.29) is 80.1 Å². The van der Waals surface area contributed by atoms with Gasteiger partial charge in [0.2, 0.25) is 0 Å². The van der Waals surface area contributed by atoms with Gasteiger partial charge in [0.15, 0.2) is 0 Å². The van der Waals surface area contributed by atoms with Crippen molar-refractivity contribution in [2.24, 2.45) is 0 Å². The Hall–Kier alpha value is -3.60. The fourth-order valence-electron chi connectivity index (χ4n) is 3.81. The van der Waals surface area contributed by atoms with Crippen LogP contribution in [0.2, 0.25) is 0 Å². The van der Waals surface area contributed by atoms with Crippen molar-refractivity contribution in [3.8, 4) is 22.6 Å². The third-order valence-electron chi connectivity index (χ3n) is 5.89. The van der Waals surface area contributed by atoms with E-state index in [1.165, 1.54) is 36.4 Å². The first kappa shape index (κ1) is 36.9. The van der Waals surface area contributed by atoms with Crippen molar-refractivity contribution < 1.29 is 107 Å². The number of carboxylic acid groups (broad SMARTS) is 2. The summed E-state index contributed by atoms with van der Waals surface area (Å²) >= 11 is 1.62. The van der Waals surface area contributed by atoms with Gasteiger partial charge in [-0.1, -0.05) is 48.5 Å². The third-order valence-corrected chi connectivity index (χ3v) is 7.52. The second kappa shape index (κ2) is 16.3. The molecule has 2 N–H and O–H groups in total. The van der Waals surface area contributed by atoms with Gasteiger partial charge in [-0.25, -0.2) is 0 Å². The monoisotopic (exact) mass is 674 g/mol. The Kier molecular flexibility index (Phi) is 13.1. The summed E-state index contributed by atoms with van der Waals surface area (Å²) in [4.78, 5) is 66.9. The summed E-state index contributed by atoms with van der Waals surface area (Å²) in [6.45, 7) is 0. The minimum atomic E-state index is -1.25. The van der Waals surface area contributed by atoms with Crippen LogP contribution < -0.4 is 80.0 Å². The van der Waals surface area contributed by atoms with Crippen LogP contribution in [0.1, 0.15) is 32.2 Å². The second-order valence-electron chi connectivity index (χ2n) is 8.84. The maximum atomic E-state index is 11.4. The number of hydrogen-bond acceptors (Lipinski definition) is 12. The summed E-state index contributed by atoms with van der Waals surface area (Å²) in [6, 6.07) is 18.8. The van der Waals surface area contributed by atoms with Crippen molar-refractivity contribution in [2.45, 2.75) is 0 Å². The average Bonchev–Trinajstić information content (AvgIpc) is 3.78. The molecule has 0 spiro atoms. The number of furan rings is 2. The van der Waals surface area contributed by atoms with E-state index in [2.05, 4.69) is 10.6 Å². The number of carboxylic acids is 2. The molecule has 46 heavy (non-hydrogen) atoms. The summed E-state index contributed by atoms with van der Waals surface area (Å²) in [5, 5.41) is 24.9. The molecule has 16 heteroatoms. The van der Waals surface area contributed by atoms with Gasteiger partial charge in [-0.2, -0.15) is 0 Å². The van der Waals surface area contributed by atoms with Crippen LogP contribution in [0.25, 0.3) is 34.8 Å². The van der Waals surface area contributed by atoms with E-state index in [0.717, 1.165) is 23.5 Å². The molecule has 0 unspecified atom stereocenters. The number of aromatic carboxylic acids is 2. The molecule has 2 aromatic carbocycles. The topological polar surface area (TPSA) is 199 Å². The Balaban J connectivity index is 0.000000240. The predicted octanol–water partition coefficient (Wildman–Crippen LogP) is -2.72. The average molecular weight is 675 g/mol. The standard InChI is InChI=1S/2C15H9NO5S.2Na/c2*17-13-12(22-15(20)16-13)7-10-5-6-11(21-10)8-1-3-9(4-2-8)14(18)19;;/h2*1-7H,(H,18,19)(H,16,17,20);;/q;;2*+1/p-2.